The molecule has 3 aliphatic carbocycles. The molecule has 118 valence electrons. The molecule has 1 aromatic rings. The number of carbonyl (C=O) groups excluding carboxylic acids is 1. The Hall–Kier alpha value is -1.98. The molecular formula is C16H16F2O4. The molecule has 0 spiro atoms. The van der Waals surface area contributed by atoms with Gasteiger partial charge in [0.1, 0.15) is 17.2 Å². The number of carboxylic acid groups (broad SMARTS) is 1. The summed E-state index contributed by atoms with van der Waals surface area (Å²) >= 11 is 0. The molecule has 4 rings (SSSR count). The predicted molar refractivity (Wildman–Crippen MR) is 72.3 cm³/mol. The highest BCUT2D eigenvalue weighted by Crippen LogP contribution is 2.54. The Labute approximate surface area is 126 Å². The molecule has 0 saturated heterocycles. The lowest BCUT2D eigenvalue weighted by atomic mass is 9.58. The molecule has 3 fully saturated rings. The molecule has 22 heavy (non-hydrogen) atoms. The maximum atomic E-state index is 13.2. The number of rotatable bonds is 3. The van der Waals surface area contributed by atoms with E-state index in [2.05, 4.69) is 0 Å². The summed E-state index contributed by atoms with van der Waals surface area (Å²) in [6.45, 7) is 0. The molecule has 1 N–H and O–H groups in total. The first-order valence-electron chi connectivity index (χ1n) is 7.27. The average molecular weight is 310 g/mol. The molecule has 2 bridgehead atoms. The summed E-state index contributed by atoms with van der Waals surface area (Å²) in [6.07, 6.45) is 2.82. The Kier molecular flexibility index (Phi) is 3.42. The van der Waals surface area contributed by atoms with Gasteiger partial charge in [-0.1, -0.05) is 0 Å². The van der Waals surface area contributed by atoms with Crippen LogP contribution >= 0.6 is 0 Å². The van der Waals surface area contributed by atoms with Gasteiger partial charge in [0.2, 0.25) is 0 Å². The van der Waals surface area contributed by atoms with Gasteiger partial charge >= 0.3 is 11.9 Å². The van der Waals surface area contributed by atoms with Crippen molar-refractivity contribution in [2.24, 2.45) is 5.41 Å². The van der Waals surface area contributed by atoms with E-state index >= 15 is 0 Å². The summed E-state index contributed by atoms with van der Waals surface area (Å²) in [7, 11) is 0. The van der Waals surface area contributed by atoms with Gasteiger partial charge in [0.25, 0.3) is 0 Å². The number of fused-ring (bicyclic) bond motifs is 3. The van der Waals surface area contributed by atoms with Crippen molar-refractivity contribution < 1.29 is 28.2 Å². The van der Waals surface area contributed by atoms with Gasteiger partial charge in [0.05, 0.1) is 11.0 Å². The van der Waals surface area contributed by atoms with Crippen LogP contribution < -0.4 is 0 Å². The molecule has 1 aromatic carbocycles. The highest BCUT2D eigenvalue weighted by atomic mass is 19.1. The fourth-order valence-electron chi connectivity index (χ4n) is 3.55. The van der Waals surface area contributed by atoms with E-state index in [0.29, 0.717) is 44.6 Å². The minimum Gasteiger partial charge on any atom is -0.481 e. The zero-order valence-electron chi connectivity index (χ0n) is 11.9. The van der Waals surface area contributed by atoms with E-state index in [-0.39, 0.29) is 5.56 Å². The van der Waals surface area contributed by atoms with Crippen LogP contribution in [0, 0.1) is 17.0 Å². The number of esters is 1. The molecule has 0 amide bonds. The van der Waals surface area contributed by atoms with Crippen LogP contribution in [0.4, 0.5) is 8.78 Å². The van der Waals surface area contributed by atoms with Crippen LogP contribution in [0.15, 0.2) is 18.2 Å². The Bertz CT molecular complexity index is 596. The number of hydrogen-bond donors (Lipinski definition) is 1. The van der Waals surface area contributed by atoms with Gasteiger partial charge in [-0.25, -0.2) is 13.6 Å². The minimum absolute atomic E-state index is 0.160. The predicted octanol–water partition coefficient (Wildman–Crippen LogP) is 3.30. The second-order valence-corrected chi connectivity index (χ2v) is 6.32. The highest BCUT2D eigenvalue weighted by Gasteiger charge is 2.54. The summed E-state index contributed by atoms with van der Waals surface area (Å²) in [5, 5.41) is 9.33. The molecule has 4 nitrogen and oxygen atoms in total. The third-order valence-electron chi connectivity index (χ3n) is 5.04. The SMILES string of the molecule is O=C(OC12CCC(C(=O)O)(CC1)CC2)c1cc(F)cc(F)c1. The molecule has 0 atom stereocenters. The van der Waals surface area contributed by atoms with Crippen molar-refractivity contribution in [3.05, 3.63) is 35.4 Å². The third kappa shape index (κ3) is 2.46. The number of carboxylic acids is 1. The Morgan fingerprint density at radius 1 is 0.955 bits per heavy atom. The first-order valence-corrected chi connectivity index (χ1v) is 7.27. The van der Waals surface area contributed by atoms with Crippen molar-refractivity contribution in [2.45, 2.75) is 44.1 Å². The van der Waals surface area contributed by atoms with Crippen molar-refractivity contribution in [3.63, 3.8) is 0 Å². The van der Waals surface area contributed by atoms with Gasteiger partial charge in [-0.2, -0.15) is 0 Å². The average Bonchev–Trinajstić information content (AvgIpc) is 2.47. The van der Waals surface area contributed by atoms with Crippen molar-refractivity contribution >= 4 is 11.9 Å². The van der Waals surface area contributed by atoms with Crippen LogP contribution in [-0.4, -0.2) is 22.6 Å². The van der Waals surface area contributed by atoms with Gasteiger partial charge in [-0.05, 0) is 50.7 Å². The molecule has 0 aliphatic heterocycles. The fraction of sp³-hybridized carbons (Fsp3) is 0.500. The topological polar surface area (TPSA) is 63.6 Å². The summed E-state index contributed by atoms with van der Waals surface area (Å²) < 4.78 is 31.9. The van der Waals surface area contributed by atoms with E-state index in [1.165, 1.54) is 0 Å². The zero-order chi connectivity index (χ0) is 16.0. The summed E-state index contributed by atoms with van der Waals surface area (Å²) in [5.41, 5.74) is -1.55. The normalized spacial score (nSPS) is 30.1. The second kappa shape index (κ2) is 5.04. The number of ether oxygens (including phenoxy) is 1. The van der Waals surface area contributed by atoms with Crippen molar-refractivity contribution in [2.75, 3.05) is 0 Å². The smallest absolute Gasteiger partial charge is 0.338 e. The minimum atomic E-state index is -0.832. The van der Waals surface area contributed by atoms with Crippen LogP contribution in [0.1, 0.15) is 48.9 Å². The first kappa shape index (κ1) is 14.9. The third-order valence-corrected chi connectivity index (χ3v) is 5.04. The summed E-state index contributed by atoms with van der Waals surface area (Å²) in [5.74, 6) is -3.22. The van der Waals surface area contributed by atoms with Crippen molar-refractivity contribution in [1.29, 1.82) is 0 Å². The molecule has 0 unspecified atom stereocenters. The van der Waals surface area contributed by atoms with Gasteiger partial charge in [-0.3, -0.25) is 4.79 Å². The lowest BCUT2D eigenvalue weighted by Gasteiger charge is -2.50. The van der Waals surface area contributed by atoms with Crippen molar-refractivity contribution in [3.8, 4) is 0 Å². The van der Waals surface area contributed by atoms with E-state index < -0.39 is 34.6 Å². The van der Waals surface area contributed by atoms with Gasteiger partial charge in [0, 0.05) is 6.07 Å². The largest absolute Gasteiger partial charge is 0.481 e. The quantitative estimate of drug-likeness (QED) is 0.870. The van der Waals surface area contributed by atoms with Gasteiger partial charge < -0.3 is 9.84 Å². The maximum Gasteiger partial charge on any atom is 0.338 e. The number of hydrogen-bond acceptors (Lipinski definition) is 3. The van der Waals surface area contributed by atoms with E-state index in [1.54, 1.807) is 0 Å². The number of aliphatic carboxylic acids is 1. The highest BCUT2D eigenvalue weighted by molar-refractivity contribution is 5.89. The van der Waals surface area contributed by atoms with E-state index in [0.717, 1.165) is 12.1 Å². The van der Waals surface area contributed by atoms with E-state index in [1.807, 2.05) is 0 Å². The Balaban J connectivity index is 1.74. The van der Waals surface area contributed by atoms with E-state index in [9.17, 15) is 23.5 Å². The lowest BCUT2D eigenvalue weighted by molar-refractivity contribution is -0.165. The molecule has 0 aromatic heterocycles. The van der Waals surface area contributed by atoms with Crippen LogP contribution in [0.5, 0.6) is 0 Å². The maximum absolute atomic E-state index is 13.2. The lowest BCUT2D eigenvalue weighted by Crippen LogP contribution is -2.51. The van der Waals surface area contributed by atoms with Gasteiger partial charge in [0.15, 0.2) is 0 Å². The Morgan fingerprint density at radius 3 is 1.91 bits per heavy atom. The summed E-state index contributed by atoms with van der Waals surface area (Å²) in [4.78, 5) is 23.5. The monoisotopic (exact) mass is 310 g/mol. The zero-order valence-corrected chi connectivity index (χ0v) is 11.9. The molecule has 3 saturated carbocycles. The number of carbonyl (C=O) groups is 2. The fourth-order valence-corrected chi connectivity index (χ4v) is 3.55. The van der Waals surface area contributed by atoms with Crippen LogP contribution in [0.2, 0.25) is 0 Å². The summed E-state index contributed by atoms with van der Waals surface area (Å²) in [6, 6.07) is 2.57. The number of halogens is 2. The molecule has 0 radical (unpaired) electrons. The van der Waals surface area contributed by atoms with Gasteiger partial charge in [-0.15, -0.1) is 0 Å². The molecule has 0 heterocycles. The van der Waals surface area contributed by atoms with Crippen LogP contribution in [0.25, 0.3) is 0 Å². The second-order valence-electron chi connectivity index (χ2n) is 6.32. The Morgan fingerprint density at radius 2 is 1.45 bits per heavy atom. The molecular weight excluding hydrogens is 294 g/mol. The molecule has 6 heteroatoms. The van der Waals surface area contributed by atoms with Crippen molar-refractivity contribution in [1.82, 2.24) is 0 Å². The standard InChI is InChI=1S/C16H16F2O4/c17-11-7-10(8-12(18)9-11)13(19)22-16-4-1-15(2-5-16,3-6-16)14(20)21/h7-9H,1-6H2,(H,20,21). The van der Waals surface area contributed by atoms with Crippen LogP contribution in [0.3, 0.4) is 0 Å². The first-order chi connectivity index (χ1) is 10.3. The van der Waals surface area contributed by atoms with Crippen LogP contribution in [-0.2, 0) is 9.53 Å². The molecule has 3 aliphatic rings. The number of benzene rings is 1. The van der Waals surface area contributed by atoms with E-state index in [4.69, 9.17) is 4.74 Å².